The predicted octanol–water partition coefficient (Wildman–Crippen LogP) is 4.94. The monoisotopic (exact) mass is 520 g/mol. The van der Waals surface area contributed by atoms with Crippen LogP contribution in [0.15, 0.2) is 22.4 Å². The standard InChI is InChI=1S/C19H23F3N6O4S2/c1-4-8-32-17(29)16-24-26-18(33-16)25-23-13-9-11-6-7-12(5-2)28(3)15(11)10-14(13)27-34(30,31)19(20,21)22/h9-10,12,27H,4-8H2,1-3H3. The maximum absolute atomic E-state index is 13.0. The number of rotatable bonds is 8. The summed E-state index contributed by atoms with van der Waals surface area (Å²) in [6.07, 6.45) is 2.91. The van der Waals surface area contributed by atoms with Gasteiger partial charge in [-0.05, 0) is 43.4 Å². The van der Waals surface area contributed by atoms with Crippen LogP contribution in [0, 0.1) is 0 Å². The van der Waals surface area contributed by atoms with E-state index in [1.807, 2.05) is 18.7 Å². The van der Waals surface area contributed by atoms with Crippen molar-refractivity contribution in [2.45, 2.75) is 51.1 Å². The molecule has 3 rings (SSSR count). The van der Waals surface area contributed by atoms with E-state index in [4.69, 9.17) is 4.74 Å². The van der Waals surface area contributed by atoms with E-state index < -0.39 is 21.5 Å². The zero-order valence-corrected chi connectivity index (χ0v) is 20.2. The van der Waals surface area contributed by atoms with Gasteiger partial charge >= 0.3 is 21.5 Å². The minimum absolute atomic E-state index is 0.0473. The SMILES string of the molecule is CCCOC(=O)c1nnc(N=Nc2cc3c(cc2NS(=O)(=O)C(F)(F)F)N(C)C(CC)CC3)s1. The van der Waals surface area contributed by atoms with E-state index in [2.05, 4.69) is 20.4 Å². The summed E-state index contributed by atoms with van der Waals surface area (Å²) in [5, 5.41) is 15.0. The minimum atomic E-state index is -5.69. The quantitative estimate of drug-likeness (QED) is 0.386. The first-order valence-electron chi connectivity index (χ1n) is 10.4. The number of esters is 1. The Bertz CT molecular complexity index is 1180. The smallest absolute Gasteiger partial charge is 0.460 e. The molecule has 1 aliphatic heterocycles. The van der Waals surface area contributed by atoms with Crippen molar-refractivity contribution in [3.05, 3.63) is 22.7 Å². The number of anilines is 2. The van der Waals surface area contributed by atoms with Gasteiger partial charge in [0.1, 0.15) is 5.69 Å². The van der Waals surface area contributed by atoms with Gasteiger partial charge < -0.3 is 9.64 Å². The number of azo groups is 1. The summed E-state index contributed by atoms with van der Waals surface area (Å²) < 4.78 is 69.2. The lowest BCUT2D eigenvalue weighted by Gasteiger charge is -2.36. The fourth-order valence-corrected chi connectivity index (χ4v) is 4.53. The van der Waals surface area contributed by atoms with Gasteiger partial charge in [0.25, 0.3) is 5.13 Å². The van der Waals surface area contributed by atoms with Gasteiger partial charge in [-0.1, -0.05) is 25.2 Å². The highest BCUT2D eigenvalue weighted by Gasteiger charge is 2.46. The molecule has 2 aromatic rings. The fourth-order valence-electron chi connectivity index (χ4n) is 3.40. The Labute approximate surface area is 198 Å². The second-order valence-corrected chi connectivity index (χ2v) is 10.1. The first-order valence-corrected chi connectivity index (χ1v) is 12.7. The van der Waals surface area contributed by atoms with E-state index in [0.29, 0.717) is 18.5 Å². The largest absolute Gasteiger partial charge is 0.516 e. The third-order valence-corrected chi connectivity index (χ3v) is 7.05. The normalized spacial score (nSPS) is 16.5. The maximum Gasteiger partial charge on any atom is 0.516 e. The van der Waals surface area contributed by atoms with Crippen molar-refractivity contribution >= 4 is 49.5 Å². The number of aryl methyl sites for hydroxylation is 1. The minimum Gasteiger partial charge on any atom is -0.460 e. The maximum atomic E-state index is 13.0. The van der Waals surface area contributed by atoms with Crippen LogP contribution in [0.5, 0.6) is 0 Å². The molecule has 2 heterocycles. The third-order valence-electron chi connectivity index (χ3n) is 5.16. The lowest BCUT2D eigenvalue weighted by Crippen LogP contribution is -2.35. The molecule has 1 aromatic carbocycles. The fraction of sp³-hybridized carbons (Fsp3) is 0.526. The van der Waals surface area contributed by atoms with E-state index in [1.54, 1.807) is 11.8 Å². The van der Waals surface area contributed by atoms with Crippen molar-refractivity contribution in [3.8, 4) is 0 Å². The number of ether oxygens (including phenoxy) is 1. The first-order chi connectivity index (χ1) is 16.0. The molecule has 0 saturated carbocycles. The Morgan fingerprint density at radius 1 is 1.29 bits per heavy atom. The average Bonchev–Trinajstić information content (AvgIpc) is 3.25. The molecule has 0 bridgehead atoms. The molecule has 1 aliphatic rings. The van der Waals surface area contributed by atoms with Crippen LogP contribution in [0.4, 0.5) is 35.4 Å². The molecule has 0 saturated heterocycles. The first kappa shape index (κ1) is 25.8. The summed E-state index contributed by atoms with van der Waals surface area (Å²) in [5.74, 6) is -0.679. The molecule has 1 atom stereocenters. The summed E-state index contributed by atoms with van der Waals surface area (Å²) >= 11 is 0.782. The second-order valence-electron chi connectivity index (χ2n) is 7.49. The third kappa shape index (κ3) is 5.63. The average molecular weight is 521 g/mol. The number of hydrogen-bond acceptors (Lipinski definition) is 10. The summed E-state index contributed by atoms with van der Waals surface area (Å²) in [6.45, 7) is 4.03. The number of hydrogen-bond donors (Lipinski definition) is 1. The molecule has 1 aromatic heterocycles. The number of aromatic nitrogens is 2. The van der Waals surface area contributed by atoms with E-state index in [1.165, 1.54) is 12.1 Å². The molecule has 10 nitrogen and oxygen atoms in total. The molecule has 34 heavy (non-hydrogen) atoms. The number of halogens is 3. The number of nitrogens with one attached hydrogen (secondary N) is 1. The summed E-state index contributed by atoms with van der Waals surface area (Å²) in [7, 11) is -3.89. The van der Waals surface area contributed by atoms with E-state index >= 15 is 0 Å². The predicted molar refractivity (Wildman–Crippen MR) is 121 cm³/mol. The molecule has 0 spiro atoms. The van der Waals surface area contributed by atoms with Crippen molar-refractivity contribution in [1.29, 1.82) is 0 Å². The van der Waals surface area contributed by atoms with Gasteiger partial charge in [0.05, 0.1) is 12.3 Å². The van der Waals surface area contributed by atoms with Crippen LogP contribution < -0.4 is 9.62 Å². The molecule has 0 radical (unpaired) electrons. The van der Waals surface area contributed by atoms with Crippen molar-refractivity contribution in [1.82, 2.24) is 10.2 Å². The highest BCUT2D eigenvalue weighted by Crippen LogP contribution is 2.40. The molecular formula is C19H23F3N6O4S2. The number of nitrogens with zero attached hydrogens (tertiary/aromatic N) is 5. The number of sulfonamides is 1. The zero-order chi connectivity index (χ0) is 25.1. The molecular weight excluding hydrogens is 497 g/mol. The Morgan fingerprint density at radius 2 is 2.03 bits per heavy atom. The van der Waals surface area contributed by atoms with E-state index in [9.17, 15) is 26.4 Å². The van der Waals surface area contributed by atoms with Crippen LogP contribution in [0.2, 0.25) is 0 Å². The van der Waals surface area contributed by atoms with Crippen LogP contribution in [0.1, 0.15) is 48.5 Å². The van der Waals surface area contributed by atoms with Gasteiger partial charge in [-0.15, -0.1) is 20.4 Å². The number of benzene rings is 1. The van der Waals surface area contributed by atoms with Crippen LogP contribution in [-0.4, -0.2) is 49.8 Å². The van der Waals surface area contributed by atoms with Gasteiger partial charge in [-0.2, -0.15) is 21.6 Å². The lowest BCUT2D eigenvalue weighted by molar-refractivity contribution is -0.0429. The van der Waals surface area contributed by atoms with Gasteiger partial charge in [-0.25, -0.2) is 4.79 Å². The summed E-state index contributed by atoms with van der Waals surface area (Å²) in [5.41, 5.74) is -4.62. The van der Waals surface area contributed by atoms with E-state index in [-0.39, 0.29) is 34.2 Å². The summed E-state index contributed by atoms with van der Waals surface area (Å²) in [4.78, 5) is 13.8. The Balaban J connectivity index is 1.97. The van der Waals surface area contributed by atoms with Crippen LogP contribution in [0.25, 0.3) is 0 Å². The van der Waals surface area contributed by atoms with Crippen molar-refractivity contribution < 1.29 is 31.1 Å². The Kier molecular flexibility index (Phi) is 7.75. The zero-order valence-electron chi connectivity index (χ0n) is 18.6. The number of carbonyl (C=O) groups excluding carboxylic acids is 1. The summed E-state index contributed by atoms with van der Waals surface area (Å²) in [6, 6.07) is 2.98. The molecule has 0 fully saturated rings. The van der Waals surface area contributed by atoms with Gasteiger partial charge in [0.15, 0.2) is 0 Å². The molecule has 1 unspecified atom stereocenters. The number of carbonyl (C=O) groups is 1. The highest BCUT2D eigenvalue weighted by molar-refractivity contribution is 7.93. The highest BCUT2D eigenvalue weighted by atomic mass is 32.2. The Hall–Kier alpha value is -2.81. The van der Waals surface area contributed by atoms with Crippen LogP contribution >= 0.6 is 11.3 Å². The molecule has 1 N–H and O–H groups in total. The number of fused-ring (bicyclic) bond motifs is 1. The Morgan fingerprint density at radius 3 is 2.68 bits per heavy atom. The topological polar surface area (TPSA) is 126 Å². The van der Waals surface area contributed by atoms with Gasteiger partial charge in [0, 0.05) is 18.8 Å². The van der Waals surface area contributed by atoms with E-state index in [0.717, 1.165) is 29.7 Å². The molecule has 0 aliphatic carbocycles. The van der Waals surface area contributed by atoms with Gasteiger partial charge in [-0.3, -0.25) is 4.72 Å². The van der Waals surface area contributed by atoms with Crippen LogP contribution in [-0.2, 0) is 21.2 Å². The molecule has 186 valence electrons. The lowest BCUT2D eigenvalue weighted by atomic mass is 9.94. The van der Waals surface area contributed by atoms with Crippen molar-refractivity contribution in [2.24, 2.45) is 10.2 Å². The van der Waals surface area contributed by atoms with Crippen molar-refractivity contribution in [2.75, 3.05) is 23.3 Å². The molecule has 15 heteroatoms. The second kappa shape index (κ2) is 10.2. The van der Waals surface area contributed by atoms with Crippen LogP contribution in [0.3, 0.4) is 0 Å². The van der Waals surface area contributed by atoms with Crippen molar-refractivity contribution in [3.63, 3.8) is 0 Å². The molecule has 0 amide bonds. The van der Waals surface area contributed by atoms with Gasteiger partial charge in [0.2, 0.25) is 5.01 Å². The number of alkyl halides is 3.